The average Bonchev–Trinajstić information content (AvgIpc) is 2.57. The summed E-state index contributed by atoms with van der Waals surface area (Å²) in [6.45, 7) is 6.16. The van der Waals surface area contributed by atoms with E-state index < -0.39 is 0 Å². The molecule has 1 aromatic heterocycles. The summed E-state index contributed by atoms with van der Waals surface area (Å²) in [5, 5.41) is 4.50. The van der Waals surface area contributed by atoms with Crippen LogP contribution in [0.15, 0.2) is 60.7 Å². The first-order valence-corrected chi connectivity index (χ1v) is 7.57. The third-order valence-corrected chi connectivity index (χ3v) is 3.21. The molecular formula is C19H22N2. The topological polar surface area (TPSA) is 24.9 Å². The van der Waals surface area contributed by atoms with Gasteiger partial charge < -0.3 is 5.32 Å². The van der Waals surface area contributed by atoms with Crippen LogP contribution in [0.5, 0.6) is 0 Å². The highest BCUT2D eigenvalue weighted by molar-refractivity contribution is 5.81. The van der Waals surface area contributed by atoms with Gasteiger partial charge in [0.2, 0.25) is 0 Å². The molecule has 2 heteroatoms. The predicted molar refractivity (Wildman–Crippen MR) is 92.2 cm³/mol. The minimum Gasteiger partial charge on any atom is -0.340 e. The van der Waals surface area contributed by atoms with Gasteiger partial charge in [0.15, 0.2) is 0 Å². The van der Waals surface area contributed by atoms with Gasteiger partial charge in [-0.2, -0.15) is 0 Å². The fourth-order valence-corrected chi connectivity index (χ4v) is 2.12. The Morgan fingerprint density at radius 1 is 0.905 bits per heavy atom. The van der Waals surface area contributed by atoms with E-state index in [1.54, 1.807) is 0 Å². The zero-order valence-electron chi connectivity index (χ0n) is 12.9. The van der Waals surface area contributed by atoms with Crippen molar-refractivity contribution in [2.24, 2.45) is 0 Å². The fraction of sp³-hybridized carbons (Fsp3) is 0.211. The zero-order chi connectivity index (χ0) is 15.1. The third-order valence-electron chi connectivity index (χ3n) is 3.21. The molecule has 0 aliphatic rings. The Hall–Kier alpha value is -2.35. The van der Waals surface area contributed by atoms with Crippen molar-refractivity contribution < 1.29 is 0 Å². The number of hydrogen-bond acceptors (Lipinski definition) is 2. The molecule has 0 bridgehead atoms. The molecule has 0 aliphatic heterocycles. The van der Waals surface area contributed by atoms with Gasteiger partial charge in [-0.3, -0.25) is 0 Å². The van der Waals surface area contributed by atoms with E-state index in [2.05, 4.69) is 41.5 Å². The molecule has 21 heavy (non-hydrogen) atoms. The number of nitrogens with one attached hydrogen (secondary N) is 1. The van der Waals surface area contributed by atoms with Gasteiger partial charge in [-0.25, -0.2) is 4.98 Å². The molecule has 0 amide bonds. The molecule has 1 N–H and O–H groups in total. The smallest absolute Gasteiger partial charge is 0.131 e. The molecule has 3 aromatic rings. The largest absolute Gasteiger partial charge is 0.340 e. The van der Waals surface area contributed by atoms with Gasteiger partial charge >= 0.3 is 0 Å². The van der Waals surface area contributed by atoms with Crippen LogP contribution in [0.25, 0.3) is 10.9 Å². The Labute approximate surface area is 126 Å². The lowest BCUT2D eigenvalue weighted by molar-refractivity contribution is 1.14. The Morgan fingerprint density at radius 2 is 1.62 bits per heavy atom. The highest BCUT2D eigenvalue weighted by atomic mass is 15.0. The van der Waals surface area contributed by atoms with Gasteiger partial charge in [0.1, 0.15) is 5.82 Å². The predicted octanol–water partition coefficient (Wildman–Crippen LogP) is 5.57. The number of hydrogen-bond donors (Lipinski definition) is 1. The number of aryl methyl sites for hydroxylation is 1. The summed E-state index contributed by atoms with van der Waals surface area (Å²) in [5.41, 5.74) is 3.41. The van der Waals surface area contributed by atoms with Gasteiger partial charge in [-0.1, -0.05) is 51.1 Å². The number of rotatable bonds is 3. The summed E-state index contributed by atoms with van der Waals surface area (Å²) in [7, 11) is 0. The third kappa shape index (κ3) is 3.82. The molecule has 0 aliphatic carbocycles. The first kappa shape index (κ1) is 15.0. The van der Waals surface area contributed by atoms with Crippen molar-refractivity contribution in [2.45, 2.75) is 27.2 Å². The first-order chi connectivity index (χ1) is 10.3. The van der Waals surface area contributed by atoms with E-state index in [0.717, 1.165) is 23.4 Å². The summed E-state index contributed by atoms with van der Waals surface area (Å²) >= 11 is 0. The number of fused-ring (bicyclic) bond motifs is 1. The van der Waals surface area contributed by atoms with E-state index in [4.69, 9.17) is 0 Å². The van der Waals surface area contributed by atoms with Crippen molar-refractivity contribution in [3.8, 4) is 0 Å². The van der Waals surface area contributed by atoms with E-state index >= 15 is 0 Å². The highest BCUT2D eigenvalue weighted by Gasteiger charge is 2.00. The summed E-state index contributed by atoms with van der Waals surface area (Å²) in [5.74, 6) is 0.881. The fourth-order valence-electron chi connectivity index (χ4n) is 2.12. The van der Waals surface area contributed by atoms with Crippen molar-refractivity contribution in [1.82, 2.24) is 4.98 Å². The van der Waals surface area contributed by atoms with Gasteiger partial charge in [0.05, 0.1) is 5.52 Å². The van der Waals surface area contributed by atoms with E-state index in [9.17, 15) is 0 Å². The van der Waals surface area contributed by atoms with Crippen LogP contribution in [0.4, 0.5) is 11.5 Å². The Balaban J connectivity index is 0.000000774. The lowest BCUT2D eigenvalue weighted by Gasteiger charge is -2.07. The van der Waals surface area contributed by atoms with Crippen LogP contribution < -0.4 is 5.32 Å². The van der Waals surface area contributed by atoms with Crippen LogP contribution in [0.3, 0.4) is 0 Å². The second-order valence-corrected chi connectivity index (χ2v) is 4.57. The summed E-state index contributed by atoms with van der Waals surface area (Å²) in [6.07, 6.45) is 1.04. The molecule has 0 atom stereocenters. The van der Waals surface area contributed by atoms with Crippen molar-refractivity contribution >= 4 is 22.4 Å². The van der Waals surface area contributed by atoms with Crippen LogP contribution in [-0.2, 0) is 6.42 Å². The number of para-hydroxylation sites is 1. The van der Waals surface area contributed by atoms with E-state index in [1.807, 2.05) is 50.2 Å². The Kier molecular flexibility index (Phi) is 5.33. The maximum absolute atomic E-state index is 4.67. The van der Waals surface area contributed by atoms with Crippen LogP contribution in [0.1, 0.15) is 26.3 Å². The molecule has 0 radical (unpaired) electrons. The molecule has 0 saturated carbocycles. The maximum atomic E-state index is 4.67. The number of anilines is 2. The molecule has 0 saturated heterocycles. The van der Waals surface area contributed by atoms with Crippen LogP contribution in [0, 0.1) is 0 Å². The molecule has 1 heterocycles. The summed E-state index contributed by atoms with van der Waals surface area (Å²) in [4.78, 5) is 4.67. The van der Waals surface area contributed by atoms with Crippen molar-refractivity contribution in [3.05, 3.63) is 66.2 Å². The normalized spacial score (nSPS) is 9.86. The minimum absolute atomic E-state index is 0.881. The second-order valence-electron chi connectivity index (χ2n) is 4.57. The molecule has 2 nitrogen and oxygen atoms in total. The standard InChI is InChI=1S/C17H16N2.C2H6/c1-2-13-8-9-14-10-11-17(19-16(14)12-13)18-15-6-4-3-5-7-15;1-2/h3-12H,2H2,1H3,(H,18,19);1-2H3. The highest BCUT2D eigenvalue weighted by Crippen LogP contribution is 2.20. The lowest BCUT2D eigenvalue weighted by atomic mass is 10.1. The van der Waals surface area contributed by atoms with Crippen molar-refractivity contribution in [3.63, 3.8) is 0 Å². The first-order valence-electron chi connectivity index (χ1n) is 7.57. The molecule has 0 fully saturated rings. The number of nitrogens with zero attached hydrogens (tertiary/aromatic N) is 1. The minimum atomic E-state index is 0.881. The molecule has 3 rings (SSSR count). The van der Waals surface area contributed by atoms with Crippen molar-refractivity contribution in [1.29, 1.82) is 0 Å². The van der Waals surface area contributed by atoms with Gasteiger partial charge in [-0.15, -0.1) is 0 Å². The van der Waals surface area contributed by atoms with Crippen LogP contribution in [0.2, 0.25) is 0 Å². The summed E-state index contributed by atoms with van der Waals surface area (Å²) < 4.78 is 0. The zero-order valence-corrected chi connectivity index (χ0v) is 12.9. The Morgan fingerprint density at radius 3 is 2.33 bits per heavy atom. The molecule has 0 unspecified atom stereocenters. The van der Waals surface area contributed by atoms with E-state index in [0.29, 0.717) is 0 Å². The van der Waals surface area contributed by atoms with E-state index in [1.165, 1.54) is 10.9 Å². The van der Waals surface area contributed by atoms with Crippen LogP contribution in [-0.4, -0.2) is 4.98 Å². The monoisotopic (exact) mass is 278 g/mol. The molecule has 0 spiro atoms. The van der Waals surface area contributed by atoms with Gasteiger partial charge in [0, 0.05) is 11.1 Å². The van der Waals surface area contributed by atoms with Gasteiger partial charge in [0.25, 0.3) is 0 Å². The average molecular weight is 278 g/mol. The summed E-state index contributed by atoms with van der Waals surface area (Å²) in [6, 6.07) is 20.7. The Bertz CT molecular complexity index is 690. The van der Waals surface area contributed by atoms with Crippen LogP contribution >= 0.6 is 0 Å². The molecule has 108 valence electrons. The second kappa shape index (κ2) is 7.44. The molecule has 2 aromatic carbocycles. The molecular weight excluding hydrogens is 256 g/mol. The number of benzene rings is 2. The van der Waals surface area contributed by atoms with Gasteiger partial charge in [-0.05, 0) is 42.3 Å². The van der Waals surface area contributed by atoms with E-state index in [-0.39, 0.29) is 0 Å². The quantitative estimate of drug-likeness (QED) is 0.677. The number of aromatic nitrogens is 1. The SMILES string of the molecule is CC.CCc1ccc2ccc(Nc3ccccc3)nc2c1. The maximum Gasteiger partial charge on any atom is 0.131 e. The van der Waals surface area contributed by atoms with Crippen molar-refractivity contribution in [2.75, 3.05) is 5.32 Å². The lowest BCUT2D eigenvalue weighted by Crippen LogP contribution is -1.93. The number of pyridine rings is 1.